The largest absolute Gasteiger partial charge is 0.493 e. The van der Waals surface area contributed by atoms with Crippen LogP contribution < -0.4 is 19.9 Å². The van der Waals surface area contributed by atoms with Gasteiger partial charge in [0.05, 0.1) is 24.8 Å². The lowest BCUT2D eigenvalue weighted by molar-refractivity contribution is -0.0206. The smallest absolute Gasteiger partial charge is 0.255 e. The molecule has 2 atom stereocenters. The van der Waals surface area contributed by atoms with Crippen LogP contribution in [0.2, 0.25) is 5.02 Å². The van der Waals surface area contributed by atoms with Gasteiger partial charge in [-0.2, -0.15) is 5.10 Å². The van der Waals surface area contributed by atoms with Gasteiger partial charge in [0.15, 0.2) is 0 Å². The van der Waals surface area contributed by atoms with Gasteiger partial charge in [-0.3, -0.25) is 4.79 Å². The first-order valence-electron chi connectivity index (χ1n) is 16.7. The summed E-state index contributed by atoms with van der Waals surface area (Å²) in [4.78, 5) is 21.3. The van der Waals surface area contributed by atoms with Crippen LogP contribution in [0.25, 0.3) is 0 Å². The van der Waals surface area contributed by atoms with Gasteiger partial charge >= 0.3 is 0 Å². The second-order valence-electron chi connectivity index (χ2n) is 13.0. The predicted octanol–water partition coefficient (Wildman–Crippen LogP) is 7.25. The number of halogens is 4. The number of aryl methyl sites for hydroxylation is 1. The average Bonchev–Trinajstić information content (AvgIpc) is 3.80. The molecule has 0 aliphatic carbocycles. The SMILES string of the molecule is Cc1cc(N2CCN(c3ccc(C(=O)Nc4ccc(Cl)c(F)c4)cc3)CC2)ccc1OC[C@@H]1CO[C@@](Cn2cncn2)(c2ccc(F)cc2F)C1. The topological polar surface area (TPSA) is 84.8 Å². The van der Waals surface area contributed by atoms with Gasteiger partial charge in [-0.15, -0.1) is 0 Å². The normalized spacial score (nSPS) is 19.0. The van der Waals surface area contributed by atoms with Gasteiger partial charge in [0.1, 0.15) is 41.5 Å². The summed E-state index contributed by atoms with van der Waals surface area (Å²) in [5.41, 5.74) is 3.19. The standard InChI is InChI=1S/C38H36ClF3N6O3/c1-25-16-31(47-14-12-46(13-15-47)30-6-2-27(3-7-30)37(49)45-29-5-10-33(39)35(42)18-29)8-11-36(25)50-20-26-19-38(51-21-26,22-48-24-43-23-44-48)32-9-4-28(40)17-34(32)41/h2-11,16-18,23-24,26H,12-15,19-22H2,1H3,(H,45,49)/t26-,38+/m1/s1. The van der Waals surface area contributed by atoms with E-state index in [2.05, 4.69) is 37.3 Å². The summed E-state index contributed by atoms with van der Waals surface area (Å²) >= 11 is 5.74. The van der Waals surface area contributed by atoms with E-state index in [0.29, 0.717) is 30.9 Å². The van der Waals surface area contributed by atoms with Crippen molar-refractivity contribution in [3.05, 3.63) is 131 Å². The minimum atomic E-state index is -1.03. The molecule has 13 heteroatoms. The van der Waals surface area contributed by atoms with E-state index in [9.17, 15) is 18.0 Å². The second kappa shape index (κ2) is 14.7. The quantitative estimate of drug-likeness (QED) is 0.163. The van der Waals surface area contributed by atoms with Gasteiger partial charge in [-0.1, -0.05) is 17.7 Å². The van der Waals surface area contributed by atoms with Crippen molar-refractivity contribution in [3.8, 4) is 5.75 Å². The molecule has 2 aliphatic heterocycles. The Morgan fingerprint density at radius 3 is 2.37 bits per heavy atom. The third kappa shape index (κ3) is 7.67. The van der Waals surface area contributed by atoms with Gasteiger partial charge in [0.25, 0.3) is 5.91 Å². The molecule has 9 nitrogen and oxygen atoms in total. The molecule has 1 amide bonds. The predicted molar refractivity (Wildman–Crippen MR) is 189 cm³/mol. The number of nitrogens with zero attached hydrogens (tertiary/aromatic N) is 5. The van der Waals surface area contributed by atoms with Crippen molar-refractivity contribution in [2.24, 2.45) is 5.92 Å². The van der Waals surface area contributed by atoms with Crippen LogP contribution in [0.4, 0.5) is 30.2 Å². The van der Waals surface area contributed by atoms with E-state index in [0.717, 1.165) is 54.9 Å². The molecule has 5 aromatic rings. The molecule has 2 fully saturated rings. The van der Waals surface area contributed by atoms with E-state index >= 15 is 0 Å². The lowest BCUT2D eigenvalue weighted by Crippen LogP contribution is -2.46. The van der Waals surface area contributed by atoms with Crippen LogP contribution >= 0.6 is 11.6 Å². The Morgan fingerprint density at radius 2 is 1.69 bits per heavy atom. The molecular weight excluding hydrogens is 681 g/mol. The number of aromatic nitrogens is 3. The summed E-state index contributed by atoms with van der Waals surface area (Å²) in [5, 5.41) is 6.88. The molecule has 264 valence electrons. The first-order chi connectivity index (χ1) is 24.7. The second-order valence-corrected chi connectivity index (χ2v) is 13.4. The average molecular weight is 717 g/mol. The van der Waals surface area contributed by atoms with E-state index in [1.807, 2.05) is 25.1 Å². The van der Waals surface area contributed by atoms with E-state index in [1.165, 1.54) is 30.6 Å². The molecule has 1 aromatic heterocycles. The number of rotatable bonds is 10. The number of ether oxygens (including phenoxy) is 2. The zero-order chi connectivity index (χ0) is 35.5. The fraction of sp³-hybridized carbons (Fsp3) is 0.289. The third-order valence-corrected chi connectivity index (χ3v) is 9.78. The molecule has 0 spiro atoms. The summed E-state index contributed by atoms with van der Waals surface area (Å²) in [6.45, 7) is 6.23. The maximum absolute atomic E-state index is 15.0. The first kappa shape index (κ1) is 34.4. The number of piperazine rings is 1. The van der Waals surface area contributed by atoms with Crippen molar-refractivity contribution in [3.63, 3.8) is 0 Å². The van der Waals surface area contributed by atoms with Gasteiger partial charge in [-0.05, 0) is 85.6 Å². The van der Waals surface area contributed by atoms with Crippen LogP contribution in [0.5, 0.6) is 5.75 Å². The minimum Gasteiger partial charge on any atom is -0.493 e. The Hall–Kier alpha value is -5.07. The lowest BCUT2D eigenvalue weighted by atomic mass is 9.87. The highest BCUT2D eigenvalue weighted by Crippen LogP contribution is 2.42. The van der Waals surface area contributed by atoms with Crippen LogP contribution in [-0.4, -0.2) is 60.1 Å². The number of benzene rings is 4. The third-order valence-electron chi connectivity index (χ3n) is 9.47. The minimum absolute atomic E-state index is 0.00119. The van der Waals surface area contributed by atoms with Crippen LogP contribution in [0.1, 0.15) is 27.9 Å². The van der Waals surface area contributed by atoms with Crippen molar-refractivity contribution in [2.45, 2.75) is 25.5 Å². The Bertz CT molecular complexity index is 2010. The van der Waals surface area contributed by atoms with Crippen molar-refractivity contribution >= 4 is 34.6 Å². The van der Waals surface area contributed by atoms with Crippen molar-refractivity contribution in [1.82, 2.24) is 14.8 Å². The molecule has 0 bridgehead atoms. The summed E-state index contributed by atoms with van der Waals surface area (Å²) in [5.74, 6) is -1.48. The Kier molecular flexibility index (Phi) is 9.88. The molecule has 0 unspecified atom stereocenters. The lowest BCUT2D eigenvalue weighted by Gasteiger charge is -2.37. The number of nitrogens with one attached hydrogen (secondary N) is 1. The Morgan fingerprint density at radius 1 is 0.941 bits per heavy atom. The zero-order valence-corrected chi connectivity index (χ0v) is 28.6. The highest BCUT2D eigenvalue weighted by atomic mass is 35.5. The molecule has 4 aromatic carbocycles. The molecule has 0 saturated carbocycles. The molecule has 3 heterocycles. The number of carbonyl (C=O) groups is 1. The van der Waals surface area contributed by atoms with Crippen molar-refractivity contribution < 1.29 is 27.4 Å². The number of anilines is 3. The maximum atomic E-state index is 15.0. The fourth-order valence-electron chi connectivity index (χ4n) is 6.81. The summed E-state index contributed by atoms with van der Waals surface area (Å²) < 4.78 is 56.6. The zero-order valence-electron chi connectivity index (χ0n) is 27.9. The Labute approximate surface area is 298 Å². The molecule has 2 aliphatic rings. The van der Waals surface area contributed by atoms with Crippen molar-refractivity contribution in [2.75, 3.05) is 54.5 Å². The van der Waals surface area contributed by atoms with Crippen molar-refractivity contribution in [1.29, 1.82) is 0 Å². The number of carbonyl (C=O) groups excluding carboxylic acids is 1. The van der Waals surface area contributed by atoms with Crippen LogP contribution in [0.3, 0.4) is 0 Å². The maximum Gasteiger partial charge on any atom is 0.255 e. The van der Waals surface area contributed by atoms with Gasteiger partial charge in [-0.25, -0.2) is 22.8 Å². The summed E-state index contributed by atoms with van der Waals surface area (Å²) in [7, 11) is 0. The number of hydrogen-bond acceptors (Lipinski definition) is 7. The van der Waals surface area contributed by atoms with Crippen LogP contribution in [0, 0.1) is 30.3 Å². The van der Waals surface area contributed by atoms with E-state index in [1.54, 1.807) is 29.2 Å². The highest BCUT2D eigenvalue weighted by Gasteiger charge is 2.44. The molecule has 0 radical (unpaired) electrons. The van der Waals surface area contributed by atoms with Gasteiger partial charge in [0.2, 0.25) is 0 Å². The first-order valence-corrected chi connectivity index (χ1v) is 17.1. The molecular formula is C38H36ClF3N6O3. The van der Waals surface area contributed by atoms with Gasteiger partial charge in [0, 0.05) is 66.4 Å². The molecule has 1 N–H and O–H groups in total. The van der Waals surface area contributed by atoms with Gasteiger partial charge < -0.3 is 24.6 Å². The van der Waals surface area contributed by atoms with E-state index < -0.39 is 23.1 Å². The van der Waals surface area contributed by atoms with E-state index in [-0.39, 0.29) is 29.0 Å². The van der Waals surface area contributed by atoms with Crippen LogP contribution in [0.15, 0.2) is 91.5 Å². The number of amides is 1. The summed E-state index contributed by atoms with van der Waals surface area (Å²) in [6.07, 6.45) is 3.43. The monoisotopic (exact) mass is 716 g/mol. The highest BCUT2D eigenvalue weighted by molar-refractivity contribution is 6.30. The number of hydrogen-bond donors (Lipinski definition) is 1. The van der Waals surface area contributed by atoms with Crippen LogP contribution in [-0.2, 0) is 16.9 Å². The summed E-state index contributed by atoms with van der Waals surface area (Å²) in [6, 6.07) is 21.3. The molecule has 2 saturated heterocycles. The molecule has 51 heavy (non-hydrogen) atoms. The molecule has 7 rings (SSSR count). The van der Waals surface area contributed by atoms with E-state index in [4.69, 9.17) is 21.1 Å². The fourth-order valence-corrected chi connectivity index (χ4v) is 6.93. The Balaban J connectivity index is 0.925.